The molecule has 16 heavy (non-hydrogen) atoms. The molecule has 0 aliphatic rings. The number of rotatable bonds is 8. The van der Waals surface area contributed by atoms with Crippen LogP contribution in [-0.2, 0) is 14.3 Å². The zero-order chi connectivity index (χ0) is 12.6. The summed E-state index contributed by atoms with van der Waals surface area (Å²) in [7, 11) is 1.56. The van der Waals surface area contributed by atoms with Gasteiger partial charge in [0.1, 0.15) is 0 Å². The van der Waals surface area contributed by atoms with Crippen LogP contribution >= 0.6 is 11.8 Å². The average molecular weight is 251 g/mol. The van der Waals surface area contributed by atoms with Crippen molar-refractivity contribution in [3.63, 3.8) is 0 Å². The van der Waals surface area contributed by atoms with Gasteiger partial charge in [-0.25, -0.2) is 4.79 Å². The fraction of sp³-hybridized carbons (Fsp3) is 0.778. The van der Waals surface area contributed by atoms with Gasteiger partial charge in [-0.2, -0.15) is 0 Å². The minimum Gasteiger partial charge on any atom is -0.480 e. The number of aliphatic hydroxyl groups is 1. The number of carboxylic acid groups (broad SMARTS) is 1. The lowest BCUT2D eigenvalue weighted by Gasteiger charge is -2.16. The number of hydrogen-bond acceptors (Lipinski definition) is 5. The van der Waals surface area contributed by atoms with Crippen molar-refractivity contribution in [2.24, 2.45) is 0 Å². The molecule has 0 aliphatic carbocycles. The molecule has 0 aliphatic heterocycles. The molecule has 0 heterocycles. The number of hydrogen-bond donors (Lipinski definition) is 3. The third-order valence-corrected chi connectivity index (χ3v) is 2.65. The van der Waals surface area contributed by atoms with Crippen molar-refractivity contribution in [2.45, 2.75) is 19.1 Å². The molecule has 94 valence electrons. The highest BCUT2D eigenvalue weighted by molar-refractivity contribution is 7.99. The molecular weight excluding hydrogens is 234 g/mol. The van der Waals surface area contributed by atoms with Crippen LogP contribution in [0.5, 0.6) is 0 Å². The first kappa shape index (κ1) is 15.2. The first-order chi connectivity index (χ1) is 7.49. The molecule has 2 atom stereocenters. The summed E-state index contributed by atoms with van der Waals surface area (Å²) in [5.74, 6) is -0.837. The Balaban J connectivity index is 3.87. The fourth-order valence-electron chi connectivity index (χ4n) is 0.911. The highest BCUT2D eigenvalue weighted by Gasteiger charge is 2.24. The summed E-state index contributed by atoms with van der Waals surface area (Å²) in [5.41, 5.74) is 0. The minimum atomic E-state index is -1.25. The zero-order valence-corrected chi connectivity index (χ0v) is 10.1. The number of aliphatic hydroxyl groups excluding tert-OH is 1. The molecule has 0 aromatic carbocycles. The Hall–Kier alpha value is -0.790. The Labute approximate surface area is 98.4 Å². The van der Waals surface area contributed by atoms with Crippen molar-refractivity contribution in [2.75, 3.05) is 25.2 Å². The number of ether oxygens (including phenoxy) is 1. The van der Waals surface area contributed by atoms with Gasteiger partial charge in [0, 0.05) is 12.9 Å². The summed E-state index contributed by atoms with van der Waals surface area (Å²) < 4.78 is 4.79. The lowest BCUT2D eigenvalue weighted by atomic mass is 10.2. The molecule has 0 bridgehead atoms. The molecule has 0 saturated heterocycles. The van der Waals surface area contributed by atoms with E-state index in [1.54, 1.807) is 7.11 Å². The maximum atomic E-state index is 11.3. The number of aliphatic carboxylic acids is 1. The van der Waals surface area contributed by atoms with E-state index in [2.05, 4.69) is 5.32 Å². The second-order valence-electron chi connectivity index (χ2n) is 3.17. The molecule has 3 N–H and O–H groups in total. The predicted octanol–water partition coefficient (Wildman–Crippen LogP) is -0.684. The van der Waals surface area contributed by atoms with E-state index in [0.717, 1.165) is 0 Å². The Morgan fingerprint density at radius 1 is 1.50 bits per heavy atom. The number of amides is 1. The maximum Gasteiger partial charge on any atom is 0.328 e. The van der Waals surface area contributed by atoms with Gasteiger partial charge in [-0.3, -0.25) is 4.79 Å². The van der Waals surface area contributed by atoms with Gasteiger partial charge in [0.15, 0.2) is 6.04 Å². The number of thioether (sulfide) groups is 1. The SMILES string of the molecule is COCCSCC(=O)NC(C(=O)O)C(C)O. The lowest BCUT2D eigenvalue weighted by molar-refractivity contribution is -0.144. The van der Waals surface area contributed by atoms with Gasteiger partial charge in [0.2, 0.25) is 5.91 Å². The quantitative estimate of drug-likeness (QED) is 0.494. The van der Waals surface area contributed by atoms with Crippen molar-refractivity contribution in [1.82, 2.24) is 5.32 Å². The normalized spacial score (nSPS) is 14.2. The number of carbonyl (C=O) groups excluding carboxylic acids is 1. The topological polar surface area (TPSA) is 95.9 Å². The lowest BCUT2D eigenvalue weighted by Crippen LogP contribution is -2.48. The molecule has 0 aromatic rings. The molecular formula is C9H17NO5S. The second kappa shape index (κ2) is 8.37. The highest BCUT2D eigenvalue weighted by atomic mass is 32.2. The summed E-state index contributed by atoms with van der Waals surface area (Å²) in [6.07, 6.45) is -1.12. The third kappa shape index (κ3) is 6.65. The number of carboxylic acids is 1. The Morgan fingerprint density at radius 2 is 2.12 bits per heavy atom. The molecule has 6 nitrogen and oxygen atoms in total. The number of nitrogens with one attached hydrogen (secondary N) is 1. The molecule has 0 rings (SSSR count). The van der Waals surface area contributed by atoms with E-state index in [1.165, 1.54) is 18.7 Å². The van der Waals surface area contributed by atoms with E-state index in [-0.39, 0.29) is 5.75 Å². The Bertz CT molecular complexity index is 234. The third-order valence-electron chi connectivity index (χ3n) is 1.73. The molecule has 7 heteroatoms. The van der Waals surface area contributed by atoms with Crippen LogP contribution in [-0.4, -0.2) is 59.5 Å². The van der Waals surface area contributed by atoms with Crippen LogP contribution in [0, 0.1) is 0 Å². The first-order valence-electron chi connectivity index (χ1n) is 4.76. The maximum absolute atomic E-state index is 11.3. The van der Waals surface area contributed by atoms with E-state index >= 15 is 0 Å². The number of carbonyl (C=O) groups is 2. The van der Waals surface area contributed by atoms with E-state index in [0.29, 0.717) is 12.4 Å². The smallest absolute Gasteiger partial charge is 0.328 e. The molecule has 0 saturated carbocycles. The van der Waals surface area contributed by atoms with E-state index in [4.69, 9.17) is 14.9 Å². The molecule has 1 amide bonds. The summed E-state index contributed by atoms with van der Waals surface area (Å²) in [5, 5.41) is 20.1. The Kier molecular flexibility index (Phi) is 7.96. The molecule has 0 radical (unpaired) electrons. The van der Waals surface area contributed by atoms with Crippen LogP contribution < -0.4 is 5.32 Å². The first-order valence-corrected chi connectivity index (χ1v) is 5.91. The van der Waals surface area contributed by atoms with Gasteiger partial charge < -0.3 is 20.3 Å². The van der Waals surface area contributed by atoms with E-state index < -0.39 is 24.0 Å². The van der Waals surface area contributed by atoms with Crippen LogP contribution in [0.1, 0.15) is 6.92 Å². The van der Waals surface area contributed by atoms with Crippen molar-refractivity contribution in [3.8, 4) is 0 Å². The van der Waals surface area contributed by atoms with Crippen molar-refractivity contribution < 1.29 is 24.5 Å². The van der Waals surface area contributed by atoms with Gasteiger partial charge in [0.25, 0.3) is 0 Å². The standard InChI is InChI=1S/C9H17NO5S/c1-6(11)8(9(13)14)10-7(12)5-16-4-3-15-2/h6,8,11H,3-5H2,1-2H3,(H,10,12)(H,13,14). The van der Waals surface area contributed by atoms with Crippen molar-refractivity contribution in [1.29, 1.82) is 0 Å². The van der Waals surface area contributed by atoms with Gasteiger partial charge in [-0.05, 0) is 6.92 Å². The van der Waals surface area contributed by atoms with Crippen LogP contribution in [0.4, 0.5) is 0 Å². The van der Waals surface area contributed by atoms with Crippen LogP contribution in [0.3, 0.4) is 0 Å². The molecule has 0 fully saturated rings. The summed E-state index contributed by atoms with van der Waals surface area (Å²) in [4.78, 5) is 21.9. The van der Waals surface area contributed by atoms with Gasteiger partial charge >= 0.3 is 5.97 Å². The van der Waals surface area contributed by atoms with E-state index in [1.807, 2.05) is 0 Å². The largest absolute Gasteiger partial charge is 0.480 e. The fourth-order valence-corrected chi connectivity index (χ4v) is 1.61. The highest BCUT2D eigenvalue weighted by Crippen LogP contribution is 2.00. The van der Waals surface area contributed by atoms with Gasteiger partial charge in [-0.1, -0.05) is 0 Å². The van der Waals surface area contributed by atoms with Crippen LogP contribution in [0.25, 0.3) is 0 Å². The van der Waals surface area contributed by atoms with Gasteiger partial charge in [-0.15, -0.1) is 11.8 Å². The molecule has 2 unspecified atom stereocenters. The van der Waals surface area contributed by atoms with E-state index in [9.17, 15) is 9.59 Å². The van der Waals surface area contributed by atoms with Crippen LogP contribution in [0.2, 0.25) is 0 Å². The molecule has 0 aromatic heterocycles. The minimum absolute atomic E-state index is 0.153. The zero-order valence-electron chi connectivity index (χ0n) is 9.30. The second-order valence-corrected chi connectivity index (χ2v) is 4.27. The van der Waals surface area contributed by atoms with Gasteiger partial charge in [0.05, 0.1) is 18.5 Å². The van der Waals surface area contributed by atoms with Crippen LogP contribution in [0.15, 0.2) is 0 Å². The summed E-state index contributed by atoms with van der Waals surface area (Å²) in [6, 6.07) is -1.25. The predicted molar refractivity (Wildman–Crippen MR) is 60.4 cm³/mol. The summed E-state index contributed by atoms with van der Waals surface area (Å²) in [6.45, 7) is 1.86. The summed E-state index contributed by atoms with van der Waals surface area (Å²) >= 11 is 1.34. The Morgan fingerprint density at radius 3 is 2.56 bits per heavy atom. The average Bonchev–Trinajstić information content (AvgIpc) is 2.20. The van der Waals surface area contributed by atoms with Crippen molar-refractivity contribution in [3.05, 3.63) is 0 Å². The number of methoxy groups -OCH3 is 1. The van der Waals surface area contributed by atoms with Crippen molar-refractivity contribution >= 4 is 23.6 Å². The monoisotopic (exact) mass is 251 g/mol. The molecule has 0 spiro atoms.